The molecule has 0 saturated carbocycles. The number of nitriles is 2. The van der Waals surface area contributed by atoms with E-state index in [1.54, 1.807) is 18.5 Å². The molecular weight excluding hydrogens is 406 g/mol. The minimum absolute atomic E-state index is 0.142. The fraction of sp³-hybridized carbons (Fsp3) is 0.350. The number of anilines is 2. The van der Waals surface area contributed by atoms with E-state index in [4.69, 9.17) is 22.1 Å². The van der Waals surface area contributed by atoms with Crippen LogP contribution in [-0.2, 0) is 4.79 Å². The molecule has 152 valence electrons. The van der Waals surface area contributed by atoms with Crippen molar-refractivity contribution in [1.29, 1.82) is 10.5 Å². The van der Waals surface area contributed by atoms with Gasteiger partial charge in [-0.1, -0.05) is 11.6 Å². The molecule has 1 aromatic heterocycles. The average Bonchev–Trinajstić information content (AvgIpc) is 2.74. The van der Waals surface area contributed by atoms with Crippen LogP contribution in [0.4, 0.5) is 11.4 Å². The second-order valence-electron chi connectivity index (χ2n) is 7.36. The van der Waals surface area contributed by atoms with Crippen molar-refractivity contribution in [3.63, 3.8) is 0 Å². The van der Waals surface area contributed by atoms with E-state index >= 15 is 0 Å². The number of fused-ring (bicyclic) bond motifs is 2. The Morgan fingerprint density at radius 3 is 2.57 bits per heavy atom. The Labute approximate surface area is 178 Å². The minimum atomic E-state index is -1.19. The van der Waals surface area contributed by atoms with Gasteiger partial charge in [0.25, 0.3) is 5.91 Å². The summed E-state index contributed by atoms with van der Waals surface area (Å²) in [6, 6.07) is 8.95. The van der Waals surface area contributed by atoms with Gasteiger partial charge in [0, 0.05) is 37.4 Å². The molecule has 0 radical (unpaired) electrons. The number of aromatic nitrogens is 2. The number of benzene rings is 1. The number of piperazine rings is 1. The van der Waals surface area contributed by atoms with Crippen molar-refractivity contribution in [2.75, 3.05) is 29.9 Å². The number of aliphatic hydroxyl groups excluding tert-OH is 1. The van der Waals surface area contributed by atoms with Crippen molar-refractivity contribution in [2.24, 2.45) is 0 Å². The molecule has 30 heavy (non-hydrogen) atoms. The Kier molecular flexibility index (Phi) is 5.51. The summed E-state index contributed by atoms with van der Waals surface area (Å²) in [6.07, 6.45) is 3.16. The zero-order valence-electron chi connectivity index (χ0n) is 15.9. The standard InChI is InChI=1S/C20H18ClN7O2/c21-17-3-13(2-1-12(17)5-22)26-20(30)18(29)11-27-9-14-4-15(10-27)28(14)16-7-24-19(6-23)25-8-16/h1-3,7-8,14-15,18,29H,4,9-11H2,(H,26,30). The van der Waals surface area contributed by atoms with Gasteiger partial charge >= 0.3 is 0 Å². The molecule has 2 bridgehead atoms. The predicted octanol–water partition coefficient (Wildman–Crippen LogP) is 1.14. The average molecular weight is 424 g/mol. The molecule has 5 rings (SSSR count). The first-order chi connectivity index (χ1) is 14.5. The molecule has 1 amide bonds. The Morgan fingerprint density at radius 2 is 1.97 bits per heavy atom. The van der Waals surface area contributed by atoms with Crippen LogP contribution in [0.5, 0.6) is 0 Å². The van der Waals surface area contributed by atoms with E-state index in [1.165, 1.54) is 12.1 Å². The van der Waals surface area contributed by atoms with Crippen LogP contribution in [-0.4, -0.2) is 63.7 Å². The summed E-state index contributed by atoms with van der Waals surface area (Å²) >= 11 is 5.98. The van der Waals surface area contributed by atoms with Gasteiger partial charge in [-0.25, -0.2) is 9.97 Å². The topological polar surface area (TPSA) is 129 Å². The molecule has 3 unspecified atom stereocenters. The quantitative estimate of drug-likeness (QED) is 0.732. The van der Waals surface area contributed by atoms with Gasteiger partial charge < -0.3 is 15.3 Å². The van der Waals surface area contributed by atoms with Crippen molar-refractivity contribution in [3.8, 4) is 12.1 Å². The summed E-state index contributed by atoms with van der Waals surface area (Å²) < 4.78 is 0. The summed E-state index contributed by atoms with van der Waals surface area (Å²) in [4.78, 5) is 24.7. The molecule has 0 aliphatic carbocycles. The zero-order valence-corrected chi connectivity index (χ0v) is 16.6. The van der Waals surface area contributed by atoms with Crippen LogP contribution in [0.3, 0.4) is 0 Å². The van der Waals surface area contributed by atoms with Crippen LogP contribution >= 0.6 is 11.6 Å². The maximum atomic E-state index is 12.3. The largest absolute Gasteiger partial charge is 0.382 e. The first kappa shape index (κ1) is 20.0. The summed E-state index contributed by atoms with van der Waals surface area (Å²) in [7, 11) is 0. The highest BCUT2D eigenvalue weighted by Crippen LogP contribution is 2.36. The maximum Gasteiger partial charge on any atom is 0.254 e. The van der Waals surface area contributed by atoms with E-state index in [9.17, 15) is 9.90 Å². The SMILES string of the molecule is N#Cc1ncc(N2C3CC2CN(CC(O)C(=O)Nc2ccc(C#N)c(Cl)c2)C3)cn1. The van der Waals surface area contributed by atoms with E-state index in [1.807, 2.05) is 12.1 Å². The fourth-order valence-electron chi connectivity index (χ4n) is 4.02. The lowest BCUT2D eigenvalue weighted by atomic mass is 9.87. The van der Waals surface area contributed by atoms with Crippen LogP contribution < -0.4 is 10.2 Å². The number of aliphatic hydroxyl groups is 1. The Hall–Kier alpha value is -3.24. The maximum absolute atomic E-state index is 12.3. The molecule has 3 saturated heterocycles. The number of hydrogen-bond acceptors (Lipinski definition) is 8. The van der Waals surface area contributed by atoms with Crippen molar-refractivity contribution in [2.45, 2.75) is 24.6 Å². The van der Waals surface area contributed by atoms with Crippen LogP contribution in [0.1, 0.15) is 17.8 Å². The number of halogens is 1. The first-order valence-electron chi connectivity index (χ1n) is 9.40. The van der Waals surface area contributed by atoms with E-state index in [0.29, 0.717) is 24.3 Å². The first-order valence-corrected chi connectivity index (χ1v) is 9.77. The van der Waals surface area contributed by atoms with Crippen LogP contribution in [0.2, 0.25) is 5.02 Å². The van der Waals surface area contributed by atoms with Gasteiger partial charge in [0.15, 0.2) is 0 Å². The highest BCUT2D eigenvalue weighted by Gasteiger charge is 2.45. The third-order valence-corrected chi connectivity index (χ3v) is 5.71. The molecule has 2 N–H and O–H groups in total. The third-order valence-electron chi connectivity index (χ3n) is 5.40. The lowest BCUT2D eigenvalue weighted by molar-refractivity contribution is -0.125. The molecule has 9 nitrogen and oxygen atoms in total. The number of nitrogens with one attached hydrogen (secondary N) is 1. The summed E-state index contributed by atoms with van der Waals surface area (Å²) in [5.41, 5.74) is 1.63. The Morgan fingerprint density at radius 1 is 1.27 bits per heavy atom. The van der Waals surface area contributed by atoms with Gasteiger partial charge in [-0.3, -0.25) is 9.69 Å². The molecule has 1 aromatic carbocycles. The minimum Gasteiger partial charge on any atom is -0.382 e. The Bertz CT molecular complexity index is 1030. The van der Waals surface area contributed by atoms with Gasteiger partial charge in [0.05, 0.1) is 28.7 Å². The third kappa shape index (κ3) is 3.91. The normalized spacial score (nSPS) is 21.1. The molecule has 3 aliphatic heterocycles. The lowest BCUT2D eigenvalue weighted by Gasteiger charge is -2.57. The van der Waals surface area contributed by atoms with Crippen molar-refractivity contribution < 1.29 is 9.90 Å². The van der Waals surface area contributed by atoms with Gasteiger partial charge in [0.2, 0.25) is 5.82 Å². The zero-order chi connectivity index (χ0) is 21.3. The van der Waals surface area contributed by atoms with Crippen LogP contribution in [0.15, 0.2) is 30.6 Å². The number of rotatable bonds is 5. The van der Waals surface area contributed by atoms with E-state index in [2.05, 4.69) is 25.1 Å². The van der Waals surface area contributed by atoms with E-state index in [-0.39, 0.29) is 29.5 Å². The number of carbonyl (C=O) groups excluding carboxylic acids is 1. The smallest absolute Gasteiger partial charge is 0.254 e. The highest BCUT2D eigenvalue weighted by molar-refractivity contribution is 6.32. The van der Waals surface area contributed by atoms with Gasteiger partial charge in [0.1, 0.15) is 18.2 Å². The van der Waals surface area contributed by atoms with Gasteiger partial charge in [-0.15, -0.1) is 0 Å². The number of amides is 1. The molecule has 10 heteroatoms. The summed E-state index contributed by atoms with van der Waals surface area (Å²) in [6.45, 7) is 1.65. The van der Waals surface area contributed by atoms with Crippen molar-refractivity contribution >= 4 is 28.9 Å². The number of carbonyl (C=O) groups is 1. The van der Waals surface area contributed by atoms with Gasteiger partial charge in [-0.2, -0.15) is 10.5 Å². The molecule has 3 atom stereocenters. The fourth-order valence-corrected chi connectivity index (χ4v) is 4.24. The lowest BCUT2D eigenvalue weighted by Crippen LogP contribution is -2.69. The molecule has 3 aliphatic rings. The van der Waals surface area contributed by atoms with Crippen molar-refractivity contribution in [3.05, 3.63) is 47.0 Å². The molecule has 4 heterocycles. The molecule has 3 fully saturated rings. The molecular formula is C20H18ClN7O2. The van der Waals surface area contributed by atoms with E-state index in [0.717, 1.165) is 12.1 Å². The highest BCUT2D eigenvalue weighted by atomic mass is 35.5. The van der Waals surface area contributed by atoms with Crippen LogP contribution in [0.25, 0.3) is 0 Å². The monoisotopic (exact) mass is 423 g/mol. The Balaban J connectivity index is 1.31. The summed E-state index contributed by atoms with van der Waals surface area (Å²) in [5.74, 6) is -0.379. The predicted molar refractivity (Wildman–Crippen MR) is 109 cm³/mol. The molecule has 0 spiro atoms. The second kappa shape index (κ2) is 8.25. The van der Waals surface area contributed by atoms with Gasteiger partial charge in [-0.05, 0) is 24.6 Å². The number of hydrogen-bond donors (Lipinski definition) is 2. The van der Waals surface area contributed by atoms with Crippen LogP contribution in [0, 0.1) is 22.7 Å². The number of piperidine rings is 1. The second-order valence-corrected chi connectivity index (χ2v) is 7.76. The molecule has 2 aromatic rings. The van der Waals surface area contributed by atoms with E-state index < -0.39 is 12.0 Å². The summed E-state index contributed by atoms with van der Waals surface area (Å²) in [5, 5.41) is 30.9. The van der Waals surface area contributed by atoms with Crippen molar-refractivity contribution in [1.82, 2.24) is 14.9 Å². The number of nitrogens with zero attached hydrogens (tertiary/aromatic N) is 6.